The third kappa shape index (κ3) is 5.14. The third-order valence-corrected chi connectivity index (χ3v) is 4.46. The number of allylic oxidation sites excluding steroid dienone is 1. The van der Waals surface area contributed by atoms with Crippen molar-refractivity contribution >= 4 is 28.6 Å². The molecule has 0 radical (unpaired) electrons. The van der Waals surface area contributed by atoms with Crippen LogP contribution < -0.4 is 10.6 Å². The van der Waals surface area contributed by atoms with Crippen LogP contribution in [0, 0.1) is 28.4 Å². The average Bonchev–Trinajstić information content (AvgIpc) is 2.71. The number of amides is 1. The summed E-state index contributed by atoms with van der Waals surface area (Å²) in [6.07, 6.45) is 0.818. The molecule has 3 N–H and O–H groups in total. The Morgan fingerprint density at radius 2 is 2.07 bits per heavy atom. The second kappa shape index (κ2) is 9.09. The number of aliphatic imine (C=N–C) groups is 1. The van der Waals surface area contributed by atoms with Crippen LogP contribution in [0.3, 0.4) is 0 Å². The van der Waals surface area contributed by atoms with Gasteiger partial charge in [0.15, 0.2) is 0 Å². The van der Waals surface area contributed by atoms with Crippen molar-refractivity contribution in [3.05, 3.63) is 71.3 Å². The highest BCUT2D eigenvalue weighted by atomic mass is 19.1. The molecule has 1 amide bonds. The summed E-state index contributed by atoms with van der Waals surface area (Å²) in [5.41, 5.74) is 2.26. The molecule has 3 rings (SSSR count). The summed E-state index contributed by atoms with van der Waals surface area (Å²) < 4.78 is 27.4. The van der Waals surface area contributed by atoms with Crippen molar-refractivity contribution in [2.24, 2.45) is 4.99 Å². The molecular weight excluding hydrogens is 388 g/mol. The first-order chi connectivity index (χ1) is 14.4. The van der Waals surface area contributed by atoms with Crippen molar-refractivity contribution in [3.8, 4) is 6.07 Å². The van der Waals surface area contributed by atoms with E-state index in [1.807, 2.05) is 6.07 Å². The molecular formula is C22H19F2N5O. The van der Waals surface area contributed by atoms with Crippen LogP contribution in [0.5, 0.6) is 0 Å². The van der Waals surface area contributed by atoms with Gasteiger partial charge in [0.25, 0.3) is 0 Å². The van der Waals surface area contributed by atoms with Crippen LogP contribution in [0.4, 0.5) is 14.5 Å². The van der Waals surface area contributed by atoms with Gasteiger partial charge < -0.3 is 16.0 Å². The third-order valence-electron chi connectivity index (χ3n) is 4.46. The lowest BCUT2D eigenvalue weighted by Gasteiger charge is -2.21. The van der Waals surface area contributed by atoms with E-state index >= 15 is 0 Å². The molecule has 6 nitrogen and oxygen atoms in total. The number of anilines is 1. The Bertz CT molecular complexity index is 1080. The maximum atomic E-state index is 14.2. The summed E-state index contributed by atoms with van der Waals surface area (Å²) in [4.78, 5) is 16.6. The van der Waals surface area contributed by atoms with Gasteiger partial charge in [0.2, 0.25) is 5.91 Å². The van der Waals surface area contributed by atoms with E-state index in [1.54, 1.807) is 24.3 Å². The highest BCUT2D eigenvalue weighted by Crippen LogP contribution is 2.22. The largest absolute Gasteiger partial charge is 0.380 e. The molecule has 0 spiro atoms. The highest BCUT2D eigenvalue weighted by Gasteiger charge is 2.21. The predicted molar refractivity (Wildman–Crippen MR) is 111 cm³/mol. The van der Waals surface area contributed by atoms with Crippen LogP contribution >= 0.6 is 0 Å². The van der Waals surface area contributed by atoms with Crippen LogP contribution in [0.15, 0.2) is 53.5 Å². The first-order valence-corrected chi connectivity index (χ1v) is 9.17. The Labute approximate surface area is 172 Å². The lowest BCUT2D eigenvalue weighted by molar-refractivity contribution is -0.120. The SMILES string of the molecule is CC(=N)/C(=C\C1N=C(CNc2ccc(C#N)cc2)CC(=O)N1)c1ccc(F)cc1F. The van der Waals surface area contributed by atoms with Crippen molar-refractivity contribution in [1.82, 2.24) is 5.32 Å². The monoisotopic (exact) mass is 407 g/mol. The van der Waals surface area contributed by atoms with Crippen LogP contribution in [-0.2, 0) is 4.79 Å². The maximum absolute atomic E-state index is 14.2. The Morgan fingerprint density at radius 3 is 2.70 bits per heavy atom. The van der Waals surface area contributed by atoms with Crippen LogP contribution in [0.25, 0.3) is 5.57 Å². The van der Waals surface area contributed by atoms with E-state index in [0.717, 1.165) is 17.8 Å². The second-order valence-electron chi connectivity index (χ2n) is 6.76. The number of benzene rings is 2. The quantitative estimate of drug-likeness (QED) is 0.637. The van der Waals surface area contributed by atoms with E-state index < -0.39 is 17.8 Å². The summed E-state index contributed by atoms with van der Waals surface area (Å²) in [6, 6.07) is 12.0. The van der Waals surface area contributed by atoms with Gasteiger partial charge in [-0.3, -0.25) is 9.79 Å². The van der Waals surface area contributed by atoms with E-state index in [9.17, 15) is 13.6 Å². The minimum Gasteiger partial charge on any atom is -0.380 e. The molecule has 1 aliphatic heterocycles. The Hall–Kier alpha value is -3.86. The van der Waals surface area contributed by atoms with E-state index in [2.05, 4.69) is 15.6 Å². The van der Waals surface area contributed by atoms with Gasteiger partial charge in [-0.15, -0.1) is 0 Å². The Morgan fingerprint density at radius 1 is 1.33 bits per heavy atom. The molecule has 152 valence electrons. The number of carbonyl (C=O) groups is 1. The number of hydrogen-bond donors (Lipinski definition) is 3. The van der Waals surface area contributed by atoms with Crippen LogP contribution in [-0.4, -0.2) is 30.0 Å². The zero-order valence-electron chi connectivity index (χ0n) is 16.2. The fourth-order valence-electron chi connectivity index (χ4n) is 3.01. The molecule has 30 heavy (non-hydrogen) atoms. The lowest BCUT2D eigenvalue weighted by atomic mass is 9.99. The van der Waals surface area contributed by atoms with Crippen molar-refractivity contribution < 1.29 is 13.6 Å². The van der Waals surface area contributed by atoms with Gasteiger partial charge in [0.05, 0.1) is 24.6 Å². The number of nitrogens with one attached hydrogen (secondary N) is 3. The predicted octanol–water partition coefficient (Wildman–Crippen LogP) is 3.66. The maximum Gasteiger partial charge on any atom is 0.227 e. The van der Waals surface area contributed by atoms with E-state index in [4.69, 9.17) is 10.7 Å². The zero-order chi connectivity index (χ0) is 21.7. The van der Waals surface area contributed by atoms with Crippen molar-refractivity contribution in [1.29, 1.82) is 10.7 Å². The number of hydrogen-bond acceptors (Lipinski definition) is 5. The first kappa shape index (κ1) is 20.9. The normalized spacial score (nSPS) is 16.3. The summed E-state index contributed by atoms with van der Waals surface area (Å²) in [5, 5.41) is 22.6. The van der Waals surface area contributed by atoms with Gasteiger partial charge in [0, 0.05) is 34.3 Å². The summed E-state index contributed by atoms with van der Waals surface area (Å²) in [5.74, 6) is -1.75. The highest BCUT2D eigenvalue weighted by molar-refractivity contribution is 6.21. The van der Waals surface area contributed by atoms with E-state index in [1.165, 1.54) is 19.1 Å². The van der Waals surface area contributed by atoms with E-state index in [-0.39, 0.29) is 29.2 Å². The number of nitrogens with zero attached hydrogens (tertiary/aromatic N) is 2. The molecule has 1 aliphatic rings. The number of halogens is 2. The van der Waals surface area contributed by atoms with E-state index in [0.29, 0.717) is 17.8 Å². The minimum absolute atomic E-state index is 0.0628. The average molecular weight is 407 g/mol. The molecule has 0 aliphatic carbocycles. The minimum atomic E-state index is -0.790. The molecule has 1 atom stereocenters. The van der Waals surface area contributed by atoms with Gasteiger partial charge in [0.1, 0.15) is 17.8 Å². The van der Waals surface area contributed by atoms with Crippen LogP contribution in [0.1, 0.15) is 24.5 Å². The van der Waals surface area contributed by atoms with Crippen molar-refractivity contribution in [2.75, 3.05) is 11.9 Å². The number of rotatable bonds is 6. The Balaban J connectivity index is 1.81. The van der Waals surface area contributed by atoms with Gasteiger partial charge in [-0.05, 0) is 49.4 Å². The molecule has 0 aromatic heterocycles. The molecule has 0 fully saturated rings. The fraction of sp³-hybridized carbons (Fsp3) is 0.182. The van der Waals surface area contributed by atoms with Crippen molar-refractivity contribution in [3.63, 3.8) is 0 Å². The summed E-state index contributed by atoms with van der Waals surface area (Å²) in [6.45, 7) is 1.80. The molecule has 0 saturated carbocycles. The molecule has 1 heterocycles. The van der Waals surface area contributed by atoms with Crippen LogP contribution in [0.2, 0.25) is 0 Å². The summed E-state index contributed by atoms with van der Waals surface area (Å²) in [7, 11) is 0. The molecule has 1 unspecified atom stereocenters. The van der Waals surface area contributed by atoms with Gasteiger partial charge in [-0.2, -0.15) is 5.26 Å². The van der Waals surface area contributed by atoms with Gasteiger partial charge >= 0.3 is 0 Å². The second-order valence-corrected chi connectivity index (χ2v) is 6.76. The topological polar surface area (TPSA) is 101 Å². The fourth-order valence-corrected chi connectivity index (χ4v) is 3.01. The van der Waals surface area contributed by atoms with Gasteiger partial charge in [-0.25, -0.2) is 8.78 Å². The van der Waals surface area contributed by atoms with Gasteiger partial charge in [-0.1, -0.05) is 0 Å². The lowest BCUT2D eigenvalue weighted by Crippen LogP contribution is -2.40. The number of carbonyl (C=O) groups excluding carboxylic acids is 1. The Kier molecular flexibility index (Phi) is 6.32. The molecule has 8 heteroatoms. The molecule has 2 aromatic carbocycles. The first-order valence-electron chi connectivity index (χ1n) is 9.17. The number of nitriles is 1. The zero-order valence-corrected chi connectivity index (χ0v) is 16.2. The smallest absolute Gasteiger partial charge is 0.227 e. The molecule has 2 aromatic rings. The molecule has 0 saturated heterocycles. The molecule has 0 bridgehead atoms. The summed E-state index contributed by atoms with van der Waals surface area (Å²) >= 11 is 0. The standard InChI is InChI=1S/C22H19F2N5O/c1-13(26)19(18-7-4-15(23)8-20(18)24)10-21-28-17(9-22(30)29-21)12-27-16-5-2-14(11-25)3-6-16/h2-8,10,21,26-27H,9,12H2,1H3,(H,29,30)/b19-10+,26-13?. The van der Waals surface area contributed by atoms with Crippen molar-refractivity contribution in [2.45, 2.75) is 19.5 Å².